The van der Waals surface area contributed by atoms with Crippen molar-refractivity contribution in [1.82, 2.24) is 10.6 Å². The molecule has 0 spiro atoms. The summed E-state index contributed by atoms with van der Waals surface area (Å²) in [6, 6.07) is 0.790. The molecule has 1 aliphatic carbocycles. The van der Waals surface area contributed by atoms with Crippen LogP contribution in [-0.4, -0.2) is 48.0 Å². The Morgan fingerprint density at radius 2 is 2.14 bits per heavy atom. The summed E-state index contributed by atoms with van der Waals surface area (Å²) in [6.07, 6.45) is 5.64. The Bertz CT molecular complexity index is 340. The molecule has 1 aliphatic heterocycles. The van der Waals surface area contributed by atoms with Crippen molar-refractivity contribution in [2.24, 2.45) is 4.99 Å². The molecule has 0 aromatic carbocycles. The van der Waals surface area contributed by atoms with E-state index in [1.807, 2.05) is 13.8 Å². The highest BCUT2D eigenvalue weighted by atomic mass is 127. The summed E-state index contributed by atoms with van der Waals surface area (Å²) in [5, 5.41) is 16.9. The highest BCUT2D eigenvalue weighted by Gasteiger charge is 2.27. The lowest BCUT2D eigenvalue weighted by atomic mass is 10.1. The predicted molar refractivity (Wildman–Crippen MR) is 96.4 cm³/mol. The van der Waals surface area contributed by atoms with Crippen LogP contribution in [0.3, 0.4) is 0 Å². The van der Waals surface area contributed by atoms with Gasteiger partial charge in [0, 0.05) is 12.6 Å². The van der Waals surface area contributed by atoms with Crippen LogP contribution in [0.2, 0.25) is 0 Å². The summed E-state index contributed by atoms with van der Waals surface area (Å²) in [5.74, 6) is 0.809. The van der Waals surface area contributed by atoms with Gasteiger partial charge in [-0.15, -0.1) is 24.0 Å². The zero-order chi connectivity index (χ0) is 14.6. The number of nitrogens with zero attached hydrogens (tertiary/aromatic N) is 1. The highest BCUT2D eigenvalue weighted by Crippen LogP contribution is 2.19. The van der Waals surface area contributed by atoms with Crippen molar-refractivity contribution < 1.29 is 9.84 Å². The number of hydrogen-bond donors (Lipinski definition) is 3. The van der Waals surface area contributed by atoms with Crippen LogP contribution in [0.4, 0.5) is 0 Å². The van der Waals surface area contributed by atoms with E-state index in [0.717, 1.165) is 25.4 Å². The van der Waals surface area contributed by atoms with Gasteiger partial charge in [0.1, 0.15) is 0 Å². The van der Waals surface area contributed by atoms with Gasteiger partial charge < -0.3 is 20.5 Å². The zero-order valence-corrected chi connectivity index (χ0v) is 15.7. The van der Waals surface area contributed by atoms with Gasteiger partial charge in [0.25, 0.3) is 0 Å². The molecule has 5 nitrogen and oxygen atoms in total. The van der Waals surface area contributed by atoms with Crippen LogP contribution in [0, 0.1) is 0 Å². The maximum atomic E-state index is 10.1. The van der Waals surface area contributed by atoms with Crippen molar-refractivity contribution in [3.63, 3.8) is 0 Å². The summed E-state index contributed by atoms with van der Waals surface area (Å²) >= 11 is 0. The number of guanidine groups is 1. The van der Waals surface area contributed by atoms with E-state index in [1.54, 1.807) is 0 Å². The predicted octanol–water partition coefficient (Wildman–Crippen LogP) is 2.03. The molecular formula is C15H30IN3O2. The van der Waals surface area contributed by atoms with E-state index >= 15 is 0 Å². The van der Waals surface area contributed by atoms with Gasteiger partial charge >= 0.3 is 0 Å². The number of hydrogen-bond acceptors (Lipinski definition) is 3. The van der Waals surface area contributed by atoms with E-state index in [4.69, 9.17) is 4.74 Å². The second kappa shape index (κ2) is 8.53. The van der Waals surface area contributed by atoms with Gasteiger partial charge in [-0.3, -0.25) is 4.99 Å². The third-order valence-electron chi connectivity index (χ3n) is 4.14. The Morgan fingerprint density at radius 1 is 1.43 bits per heavy atom. The lowest BCUT2D eigenvalue weighted by Crippen LogP contribution is -2.48. The van der Waals surface area contributed by atoms with Gasteiger partial charge in [0.15, 0.2) is 5.96 Å². The fourth-order valence-electron chi connectivity index (χ4n) is 2.22. The number of ether oxygens (including phenoxy) is 1. The first kappa shape index (κ1) is 19.0. The maximum Gasteiger partial charge on any atom is 0.191 e. The smallest absolute Gasteiger partial charge is 0.191 e. The maximum absolute atomic E-state index is 10.1. The summed E-state index contributed by atoms with van der Waals surface area (Å²) in [4.78, 5) is 4.55. The van der Waals surface area contributed by atoms with Crippen LogP contribution in [0.5, 0.6) is 0 Å². The summed E-state index contributed by atoms with van der Waals surface area (Å²) in [5.41, 5.74) is -0.731. The van der Waals surface area contributed by atoms with Gasteiger partial charge in [-0.05, 0) is 46.0 Å². The number of rotatable bonds is 6. The van der Waals surface area contributed by atoms with Crippen LogP contribution in [0.25, 0.3) is 0 Å². The topological polar surface area (TPSA) is 65.9 Å². The van der Waals surface area contributed by atoms with Crippen LogP contribution in [0.15, 0.2) is 4.99 Å². The van der Waals surface area contributed by atoms with Crippen LogP contribution >= 0.6 is 24.0 Å². The minimum absolute atomic E-state index is 0. The normalized spacial score (nSPS) is 26.7. The number of aliphatic hydroxyl groups is 1. The van der Waals surface area contributed by atoms with E-state index in [0.29, 0.717) is 19.0 Å². The third kappa shape index (κ3) is 6.69. The van der Waals surface area contributed by atoms with Crippen molar-refractivity contribution in [2.45, 2.75) is 76.7 Å². The molecule has 1 saturated heterocycles. The third-order valence-corrected chi connectivity index (χ3v) is 4.14. The molecule has 1 saturated carbocycles. The first-order chi connectivity index (χ1) is 9.50. The van der Waals surface area contributed by atoms with Gasteiger partial charge in [-0.1, -0.05) is 6.92 Å². The van der Waals surface area contributed by atoms with Crippen LogP contribution in [-0.2, 0) is 4.74 Å². The summed E-state index contributed by atoms with van der Waals surface area (Å²) in [7, 11) is 0. The molecule has 6 heteroatoms. The molecule has 3 unspecified atom stereocenters. The molecule has 0 bridgehead atoms. The second-order valence-electron chi connectivity index (χ2n) is 6.42. The summed E-state index contributed by atoms with van der Waals surface area (Å²) in [6.45, 7) is 7.23. The van der Waals surface area contributed by atoms with E-state index in [-0.39, 0.29) is 36.1 Å². The average Bonchev–Trinajstić information content (AvgIpc) is 3.06. The van der Waals surface area contributed by atoms with E-state index in [1.165, 1.54) is 12.8 Å². The van der Waals surface area contributed by atoms with Gasteiger partial charge in [-0.2, -0.15) is 0 Å². The van der Waals surface area contributed by atoms with Crippen molar-refractivity contribution in [1.29, 1.82) is 0 Å². The second-order valence-corrected chi connectivity index (χ2v) is 6.42. The van der Waals surface area contributed by atoms with Gasteiger partial charge in [0.2, 0.25) is 0 Å². The minimum Gasteiger partial charge on any atom is -0.388 e. The largest absolute Gasteiger partial charge is 0.388 e. The average molecular weight is 411 g/mol. The van der Waals surface area contributed by atoms with Crippen molar-refractivity contribution in [2.75, 3.05) is 13.2 Å². The number of nitrogens with one attached hydrogen (secondary N) is 2. The van der Waals surface area contributed by atoms with Crippen molar-refractivity contribution in [3.05, 3.63) is 0 Å². The standard InChI is InChI=1S/C15H29N3O2.HI/c1-4-15(3,19)10-16-14(18-12-7-8-12)17-11(2)13-6-5-9-20-13;/h11-13,19H,4-10H2,1-3H3,(H2,16,17,18);1H. The Hall–Kier alpha value is -0.0800. The first-order valence-corrected chi connectivity index (χ1v) is 7.91. The number of halogens is 1. The lowest BCUT2D eigenvalue weighted by Gasteiger charge is -2.24. The Balaban J connectivity index is 0.00000220. The Labute approximate surface area is 145 Å². The lowest BCUT2D eigenvalue weighted by molar-refractivity contribution is 0.0654. The van der Waals surface area contributed by atoms with Crippen molar-refractivity contribution >= 4 is 29.9 Å². The van der Waals surface area contributed by atoms with E-state index in [9.17, 15) is 5.11 Å². The molecule has 0 radical (unpaired) electrons. The molecule has 3 N–H and O–H groups in total. The monoisotopic (exact) mass is 411 g/mol. The number of aliphatic imine (C=N–C) groups is 1. The van der Waals surface area contributed by atoms with E-state index in [2.05, 4.69) is 22.5 Å². The van der Waals surface area contributed by atoms with Crippen LogP contribution < -0.4 is 10.6 Å². The summed E-state index contributed by atoms with van der Waals surface area (Å²) < 4.78 is 5.71. The fourth-order valence-corrected chi connectivity index (χ4v) is 2.22. The molecule has 1 heterocycles. The molecule has 2 fully saturated rings. The van der Waals surface area contributed by atoms with Gasteiger partial charge in [-0.25, -0.2) is 0 Å². The molecule has 2 rings (SSSR count). The molecule has 3 atom stereocenters. The zero-order valence-electron chi connectivity index (χ0n) is 13.4. The molecule has 0 aromatic heterocycles. The fraction of sp³-hybridized carbons (Fsp3) is 0.933. The molecule has 0 amide bonds. The molecule has 124 valence electrons. The van der Waals surface area contributed by atoms with Crippen molar-refractivity contribution in [3.8, 4) is 0 Å². The quantitative estimate of drug-likeness (QED) is 0.356. The minimum atomic E-state index is -0.731. The highest BCUT2D eigenvalue weighted by molar-refractivity contribution is 14.0. The molecule has 0 aromatic rings. The van der Waals surface area contributed by atoms with E-state index < -0.39 is 5.60 Å². The molecular weight excluding hydrogens is 381 g/mol. The molecule has 21 heavy (non-hydrogen) atoms. The van der Waals surface area contributed by atoms with Crippen LogP contribution in [0.1, 0.15) is 52.9 Å². The molecule has 2 aliphatic rings. The Kier molecular flexibility index (Phi) is 7.70. The van der Waals surface area contributed by atoms with Gasteiger partial charge in [0.05, 0.1) is 24.3 Å². The first-order valence-electron chi connectivity index (χ1n) is 7.91. The Morgan fingerprint density at radius 3 is 2.67 bits per heavy atom. The SMILES string of the molecule is CCC(C)(O)CN=C(NC1CC1)NC(C)C1CCCO1.I.